The van der Waals surface area contributed by atoms with Gasteiger partial charge >= 0.3 is 6.03 Å². The average molecular weight is 534 g/mol. The van der Waals surface area contributed by atoms with Crippen molar-refractivity contribution in [3.05, 3.63) is 83.1 Å². The standard InChI is InChI=1S/C29H32ClN5O3/c1-33(21-11-16-35(17-12-21)22-9-14-31-15-10-22)28(36)20-7-8-27-23(19-20)25(13-18-38-27)32-29(37)34(2)26-6-4-3-5-24(26)30/h3-10,14-15,19,21,25H,11-13,16-18H2,1-2H3,(H,32,37). The van der Waals surface area contributed by atoms with Gasteiger partial charge in [0, 0.05) is 68.9 Å². The Bertz CT molecular complexity index is 1300. The maximum atomic E-state index is 13.5. The molecule has 198 valence electrons. The van der Waals surface area contributed by atoms with Crippen LogP contribution in [0.1, 0.15) is 41.2 Å². The van der Waals surface area contributed by atoms with Crippen LogP contribution in [0.25, 0.3) is 0 Å². The Morgan fingerprint density at radius 2 is 1.76 bits per heavy atom. The fourth-order valence-corrected chi connectivity index (χ4v) is 5.45. The van der Waals surface area contributed by atoms with Crippen molar-refractivity contribution in [2.45, 2.75) is 31.3 Å². The van der Waals surface area contributed by atoms with E-state index in [0.717, 1.165) is 37.2 Å². The molecule has 2 aromatic carbocycles. The van der Waals surface area contributed by atoms with Gasteiger partial charge in [0.25, 0.3) is 5.91 Å². The monoisotopic (exact) mass is 533 g/mol. The number of nitrogens with zero attached hydrogens (tertiary/aromatic N) is 4. The Balaban J connectivity index is 1.26. The molecule has 1 unspecified atom stereocenters. The summed E-state index contributed by atoms with van der Waals surface area (Å²) in [5.74, 6) is 0.658. The Hall–Kier alpha value is -3.78. The Morgan fingerprint density at radius 3 is 2.50 bits per heavy atom. The number of halogens is 1. The molecule has 0 saturated carbocycles. The van der Waals surface area contributed by atoms with Crippen molar-refractivity contribution in [2.75, 3.05) is 43.6 Å². The number of urea groups is 1. The first-order valence-electron chi connectivity index (χ1n) is 12.9. The van der Waals surface area contributed by atoms with Gasteiger partial charge in [-0.2, -0.15) is 0 Å². The highest BCUT2D eigenvalue weighted by atomic mass is 35.5. The lowest BCUT2D eigenvalue weighted by Gasteiger charge is -2.38. The van der Waals surface area contributed by atoms with Crippen molar-refractivity contribution in [3.63, 3.8) is 0 Å². The summed E-state index contributed by atoms with van der Waals surface area (Å²) >= 11 is 6.29. The van der Waals surface area contributed by atoms with Crippen molar-refractivity contribution < 1.29 is 14.3 Å². The third kappa shape index (κ3) is 5.41. The van der Waals surface area contributed by atoms with E-state index in [1.807, 2.05) is 54.4 Å². The van der Waals surface area contributed by atoms with Crippen molar-refractivity contribution in [1.29, 1.82) is 0 Å². The number of nitrogens with one attached hydrogen (secondary N) is 1. The number of piperidine rings is 1. The van der Waals surface area contributed by atoms with Gasteiger partial charge in [-0.05, 0) is 55.3 Å². The molecule has 8 nitrogen and oxygen atoms in total. The van der Waals surface area contributed by atoms with Gasteiger partial charge < -0.3 is 19.9 Å². The number of hydrogen-bond donors (Lipinski definition) is 1. The summed E-state index contributed by atoms with van der Waals surface area (Å²) in [6.07, 6.45) is 6.01. The van der Waals surface area contributed by atoms with Crippen LogP contribution in [-0.2, 0) is 0 Å². The first kappa shape index (κ1) is 25.9. The zero-order valence-corrected chi connectivity index (χ0v) is 22.4. The van der Waals surface area contributed by atoms with E-state index >= 15 is 0 Å². The van der Waals surface area contributed by atoms with Crippen molar-refractivity contribution in [2.24, 2.45) is 0 Å². The molecular weight excluding hydrogens is 502 g/mol. The number of pyridine rings is 1. The second kappa shape index (κ2) is 11.3. The van der Waals surface area contributed by atoms with Gasteiger partial charge in [-0.15, -0.1) is 0 Å². The van der Waals surface area contributed by atoms with Gasteiger partial charge in [0.2, 0.25) is 0 Å². The van der Waals surface area contributed by atoms with E-state index < -0.39 is 0 Å². The molecule has 38 heavy (non-hydrogen) atoms. The number of ether oxygens (including phenoxy) is 1. The summed E-state index contributed by atoms with van der Waals surface area (Å²) in [4.78, 5) is 36.3. The van der Waals surface area contributed by atoms with Crippen LogP contribution < -0.4 is 19.9 Å². The lowest BCUT2D eigenvalue weighted by molar-refractivity contribution is 0.0709. The minimum atomic E-state index is -0.280. The molecule has 1 aromatic heterocycles. The quantitative estimate of drug-likeness (QED) is 0.491. The van der Waals surface area contributed by atoms with E-state index in [9.17, 15) is 9.59 Å². The highest BCUT2D eigenvalue weighted by Crippen LogP contribution is 2.34. The highest BCUT2D eigenvalue weighted by molar-refractivity contribution is 6.33. The smallest absolute Gasteiger partial charge is 0.322 e. The SMILES string of the molecule is CN(C(=O)NC1CCOc2ccc(C(=O)N(C)C3CCN(c4ccncc4)CC3)cc21)c1ccccc1Cl. The zero-order valence-electron chi connectivity index (χ0n) is 21.6. The number of amides is 3. The molecule has 3 amide bonds. The molecule has 0 spiro atoms. The molecule has 0 bridgehead atoms. The molecular formula is C29H32ClN5O3. The molecule has 2 aliphatic heterocycles. The van der Waals surface area contributed by atoms with Crippen LogP contribution in [0.2, 0.25) is 5.02 Å². The largest absolute Gasteiger partial charge is 0.493 e. The van der Waals surface area contributed by atoms with Gasteiger partial charge in [0.05, 0.1) is 23.4 Å². The van der Waals surface area contributed by atoms with Gasteiger partial charge in [-0.25, -0.2) is 4.79 Å². The Kier molecular flexibility index (Phi) is 7.69. The van der Waals surface area contributed by atoms with Gasteiger partial charge in [-0.1, -0.05) is 23.7 Å². The van der Waals surface area contributed by atoms with Crippen molar-refractivity contribution >= 4 is 34.9 Å². The van der Waals surface area contributed by atoms with Crippen LogP contribution in [0.15, 0.2) is 67.0 Å². The highest BCUT2D eigenvalue weighted by Gasteiger charge is 2.29. The number of fused-ring (bicyclic) bond motifs is 1. The van der Waals surface area contributed by atoms with Crippen LogP contribution >= 0.6 is 11.6 Å². The van der Waals surface area contributed by atoms with Gasteiger partial charge in [-0.3, -0.25) is 14.7 Å². The van der Waals surface area contributed by atoms with E-state index in [1.54, 1.807) is 31.6 Å². The third-order valence-corrected chi connectivity index (χ3v) is 7.79. The lowest BCUT2D eigenvalue weighted by Crippen LogP contribution is -2.45. The Labute approximate surface area is 228 Å². The predicted molar refractivity (Wildman–Crippen MR) is 149 cm³/mol. The number of benzene rings is 2. The van der Waals surface area contributed by atoms with Gasteiger partial charge in [0.15, 0.2) is 0 Å². The summed E-state index contributed by atoms with van der Waals surface area (Å²) in [7, 11) is 3.56. The molecule has 1 fully saturated rings. The minimum absolute atomic E-state index is 0.0287. The number of carbonyl (C=O) groups excluding carboxylic acids is 2. The molecule has 0 radical (unpaired) electrons. The summed E-state index contributed by atoms with van der Waals surface area (Å²) in [5.41, 5.74) is 3.19. The lowest BCUT2D eigenvalue weighted by atomic mass is 9.97. The van der Waals surface area contributed by atoms with Crippen molar-refractivity contribution in [1.82, 2.24) is 15.2 Å². The molecule has 1 atom stereocenters. The van der Waals surface area contributed by atoms with Crippen LogP contribution in [-0.4, -0.2) is 61.7 Å². The van der Waals surface area contributed by atoms with E-state index in [2.05, 4.69) is 15.2 Å². The second-order valence-corrected chi connectivity index (χ2v) is 10.1. The minimum Gasteiger partial charge on any atom is -0.493 e. The molecule has 1 N–H and O–H groups in total. The van der Waals surface area contributed by atoms with Gasteiger partial charge in [0.1, 0.15) is 5.75 Å². The maximum absolute atomic E-state index is 13.5. The van der Waals surface area contributed by atoms with Crippen LogP contribution in [0.4, 0.5) is 16.2 Å². The van der Waals surface area contributed by atoms with Crippen LogP contribution in [0, 0.1) is 0 Å². The zero-order chi connectivity index (χ0) is 26.6. The topological polar surface area (TPSA) is 78.0 Å². The van der Waals surface area contributed by atoms with Crippen LogP contribution in [0.5, 0.6) is 5.75 Å². The van der Waals surface area contributed by atoms with E-state index in [0.29, 0.717) is 35.1 Å². The van der Waals surface area contributed by atoms with E-state index in [4.69, 9.17) is 16.3 Å². The maximum Gasteiger partial charge on any atom is 0.322 e. The summed E-state index contributed by atoms with van der Waals surface area (Å²) in [6, 6.07) is 16.4. The average Bonchev–Trinajstić information content (AvgIpc) is 2.97. The number of hydrogen-bond acceptors (Lipinski definition) is 5. The molecule has 3 heterocycles. The molecule has 3 aromatic rings. The first-order valence-corrected chi connectivity index (χ1v) is 13.3. The van der Waals surface area contributed by atoms with Crippen molar-refractivity contribution in [3.8, 4) is 5.75 Å². The number of aromatic nitrogens is 1. The Morgan fingerprint density at radius 1 is 1.03 bits per heavy atom. The number of para-hydroxylation sites is 1. The summed E-state index contributed by atoms with van der Waals surface area (Å²) in [6.45, 7) is 2.26. The fourth-order valence-electron chi connectivity index (χ4n) is 5.19. The molecule has 0 aliphatic carbocycles. The molecule has 2 aliphatic rings. The van der Waals surface area contributed by atoms with E-state index in [-0.39, 0.29) is 24.0 Å². The van der Waals surface area contributed by atoms with E-state index in [1.165, 1.54) is 4.90 Å². The predicted octanol–water partition coefficient (Wildman–Crippen LogP) is 5.15. The summed E-state index contributed by atoms with van der Waals surface area (Å²) in [5, 5.41) is 3.59. The molecule has 5 rings (SSSR count). The normalized spacial score (nSPS) is 17.2. The summed E-state index contributed by atoms with van der Waals surface area (Å²) < 4.78 is 5.84. The number of anilines is 2. The van der Waals surface area contributed by atoms with Crippen LogP contribution in [0.3, 0.4) is 0 Å². The molecule has 9 heteroatoms. The number of rotatable bonds is 5. The third-order valence-electron chi connectivity index (χ3n) is 7.47. The fraction of sp³-hybridized carbons (Fsp3) is 0.345. The number of carbonyl (C=O) groups is 2. The molecule has 1 saturated heterocycles. The first-order chi connectivity index (χ1) is 18.4. The second-order valence-electron chi connectivity index (χ2n) is 9.74.